The van der Waals surface area contributed by atoms with E-state index in [0.717, 1.165) is 19.3 Å². The SMILES string of the molecule is CC/C=C\C/C=C/C/C=C\C[C@@H](O)/C=C/[C@H]1[C@H](O)CC(=O)[C@@H]1CCC(=O)O. The molecule has 150 valence electrons. The van der Waals surface area contributed by atoms with Crippen LogP contribution < -0.4 is 0 Å². The van der Waals surface area contributed by atoms with Gasteiger partial charge < -0.3 is 15.3 Å². The van der Waals surface area contributed by atoms with Crippen LogP contribution in [-0.2, 0) is 9.59 Å². The van der Waals surface area contributed by atoms with Crippen LogP contribution in [-0.4, -0.2) is 39.3 Å². The predicted molar refractivity (Wildman–Crippen MR) is 106 cm³/mol. The highest BCUT2D eigenvalue weighted by Gasteiger charge is 2.39. The van der Waals surface area contributed by atoms with Crippen molar-refractivity contribution in [3.8, 4) is 0 Å². The van der Waals surface area contributed by atoms with Gasteiger partial charge in [-0.05, 0) is 32.1 Å². The number of carbonyl (C=O) groups is 2. The molecule has 0 aromatic rings. The number of Topliss-reactive ketones (excluding diaryl/α,β-unsaturated/α-hetero) is 1. The maximum atomic E-state index is 11.9. The summed E-state index contributed by atoms with van der Waals surface area (Å²) >= 11 is 0. The highest BCUT2D eigenvalue weighted by atomic mass is 16.4. The van der Waals surface area contributed by atoms with E-state index in [9.17, 15) is 19.8 Å². The maximum absolute atomic E-state index is 11.9. The van der Waals surface area contributed by atoms with Gasteiger partial charge >= 0.3 is 5.97 Å². The minimum absolute atomic E-state index is 0.0507. The third-order valence-electron chi connectivity index (χ3n) is 4.62. The van der Waals surface area contributed by atoms with Crippen molar-refractivity contribution >= 4 is 11.8 Å². The van der Waals surface area contributed by atoms with Crippen LogP contribution in [0.2, 0.25) is 0 Å². The molecule has 1 aliphatic carbocycles. The Hall–Kier alpha value is -1.98. The lowest BCUT2D eigenvalue weighted by Gasteiger charge is -2.17. The van der Waals surface area contributed by atoms with Crippen molar-refractivity contribution in [2.24, 2.45) is 11.8 Å². The number of hydrogen-bond donors (Lipinski definition) is 3. The molecule has 5 heteroatoms. The van der Waals surface area contributed by atoms with Crippen molar-refractivity contribution in [2.45, 2.75) is 64.1 Å². The molecule has 0 unspecified atom stereocenters. The Bertz CT molecular complexity index is 573. The van der Waals surface area contributed by atoms with Crippen molar-refractivity contribution in [1.82, 2.24) is 0 Å². The van der Waals surface area contributed by atoms with Crippen molar-refractivity contribution in [1.29, 1.82) is 0 Å². The molecule has 0 aromatic carbocycles. The molecule has 27 heavy (non-hydrogen) atoms. The molecular weight excluding hydrogens is 344 g/mol. The Kier molecular flexibility index (Phi) is 11.3. The second-order valence-electron chi connectivity index (χ2n) is 6.84. The van der Waals surface area contributed by atoms with E-state index in [1.54, 1.807) is 12.2 Å². The standard InChI is InChI=1S/C22H32O5/c1-2-3-4-5-6-7-8-9-10-11-17(23)12-13-18-19(14-15-22(26)27)21(25)16-20(18)24/h3-4,6-7,9-10,12-13,17-20,23-24H,2,5,8,11,14-16H2,1H3,(H,26,27)/b4-3-,7-6+,10-9-,13-12+/t17-,18-,19-,20-/m1/s1. The number of carboxylic acid groups (broad SMARTS) is 1. The largest absolute Gasteiger partial charge is 0.481 e. The van der Waals surface area contributed by atoms with E-state index in [0.29, 0.717) is 6.42 Å². The Morgan fingerprint density at radius 3 is 2.41 bits per heavy atom. The van der Waals surface area contributed by atoms with Crippen LogP contribution in [0.4, 0.5) is 0 Å². The summed E-state index contributed by atoms with van der Waals surface area (Å²) in [7, 11) is 0. The quantitative estimate of drug-likeness (QED) is 0.453. The van der Waals surface area contributed by atoms with E-state index in [1.165, 1.54) is 0 Å². The number of aliphatic hydroxyl groups is 2. The fourth-order valence-corrected chi connectivity index (χ4v) is 3.15. The Morgan fingerprint density at radius 2 is 1.78 bits per heavy atom. The summed E-state index contributed by atoms with van der Waals surface area (Å²) < 4.78 is 0. The molecule has 1 rings (SSSR count). The Morgan fingerprint density at radius 1 is 1.15 bits per heavy atom. The van der Waals surface area contributed by atoms with E-state index < -0.39 is 30.0 Å². The first-order valence-corrected chi connectivity index (χ1v) is 9.69. The number of allylic oxidation sites excluding steroid dienone is 5. The van der Waals surface area contributed by atoms with Gasteiger partial charge in [-0.1, -0.05) is 55.5 Å². The zero-order valence-corrected chi connectivity index (χ0v) is 16.0. The maximum Gasteiger partial charge on any atom is 0.303 e. The van der Waals surface area contributed by atoms with E-state index in [-0.39, 0.29) is 25.0 Å². The van der Waals surface area contributed by atoms with Gasteiger partial charge in [-0.15, -0.1) is 0 Å². The fraction of sp³-hybridized carbons (Fsp3) is 0.545. The number of carboxylic acids is 1. The highest BCUT2D eigenvalue weighted by Crippen LogP contribution is 2.33. The lowest BCUT2D eigenvalue weighted by molar-refractivity contribution is -0.137. The molecule has 0 amide bonds. The molecule has 0 bridgehead atoms. The van der Waals surface area contributed by atoms with Gasteiger partial charge in [-0.3, -0.25) is 9.59 Å². The smallest absolute Gasteiger partial charge is 0.303 e. The summed E-state index contributed by atoms with van der Waals surface area (Å²) in [6.07, 6.45) is 17.5. The molecule has 0 aromatic heterocycles. The molecule has 0 radical (unpaired) electrons. The van der Waals surface area contributed by atoms with Gasteiger partial charge in [-0.25, -0.2) is 0 Å². The fourth-order valence-electron chi connectivity index (χ4n) is 3.15. The molecule has 1 aliphatic rings. The summed E-state index contributed by atoms with van der Waals surface area (Å²) in [6.45, 7) is 2.10. The van der Waals surface area contributed by atoms with Gasteiger partial charge in [0.15, 0.2) is 0 Å². The molecule has 1 saturated carbocycles. The van der Waals surface area contributed by atoms with Gasteiger partial charge in [0, 0.05) is 24.7 Å². The van der Waals surface area contributed by atoms with Gasteiger partial charge in [0.1, 0.15) is 5.78 Å². The van der Waals surface area contributed by atoms with Crippen molar-refractivity contribution < 1.29 is 24.9 Å². The normalized spacial score (nSPS) is 24.9. The highest BCUT2D eigenvalue weighted by molar-refractivity contribution is 5.85. The third kappa shape index (κ3) is 9.50. The van der Waals surface area contributed by atoms with Crippen molar-refractivity contribution in [2.75, 3.05) is 0 Å². The Labute approximate surface area is 161 Å². The van der Waals surface area contributed by atoms with Gasteiger partial charge in [0.2, 0.25) is 0 Å². The van der Waals surface area contributed by atoms with Gasteiger partial charge in [-0.2, -0.15) is 0 Å². The molecular formula is C22H32O5. The molecule has 3 N–H and O–H groups in total. The number of rotatable bonds is 12. The minimum atomic E-state index is -0.951. The zero-order valence-electron chi connectivity index (χ0n) is 16.0. The van der Waals surface area contributed by atoms with Crippen LogP contribution in [0.5, 0.6) is 0 Å². The summed E-state index contributed by atoms with van der Waals surface area (Å²) in [5.74, 6) is -1.96. The number of carbonyl (C=O) groups excluding carboxylic acids is 1. The zero-order chi connectivity index (χ0) is 20.1. The molecule has 1 fully saturated rings. The van der Waals surface area contributed by atoms with Gasteiger partial charge in [0.25, 0.3) is 0 Å². The molecule has 0 heterocycles. The summed E-state index contributed by atoms with van der Waals surface area (Å²) in [4.78, 5) is 22.7. The van der Waals surface area contributed by atoms with E-state index in [2.05, 4.69) is 31.2 Å². The average molecular weight is 376 g/mol. The molecule has 0 aliphatic heterocycles. The molecule has 5 nitrogen and oxygen atoms in total. The summed E-state index contributed by atoms with van der Waals surface area (Å²) in [5.41, 5.74) is 0. The van der Waals surface area contributed by atoms with Crippen LogP contribution in [0.3, 0.4) is 0 Å². The van der Waals surface area contributed by atoms with E-state index in [1.807, 2.05) is 12.2 Å². The predicted octanol–water partition coefficient (Wildman–Crippen LogP) is 3.58. The van der Waals surface area contributed by atoms with Crippen molar-refractivity contribution in [3.05, 3.63) is 48.6 Å². The summed E-state index contributed by atoms with van der Waals surface area (Å²) in [6, 6.07) is 0. The van der Waals surface area contributed by atoms with E-state index in [4.69, 9.17) is 5.11 Å². The van der Waals surface area contributed by atoms with Crippen LogP contribution in [0, 0.1) is 11.8 Å². The lowest BCUT2D eigenvalue weighted by Crippen LogP contribution is -2.20. The van der Waals surface area contributed by atoms with Gasteiger partial charge in [0.05, 0.1) is 12.2 Å². The second-order valence-corrected chi connectivity index (χ2v) is 6.84. The lowest BCUT2D eigenvalue weighted by atomic mass is 9.89. The van der Waals surface area contributed by atoms with Crippen molar-refractivity contribution in [3.63, 3.8) is 0 Å². The molecule has 0 spiro atoms. The number of aliphatic carboxylic acids is 1. The number of hydrogen-bond acceptors (Lipinski definition) is 4. The minimum Gasteiger partial charge on any atom is -0.481 e. The number of aliphatic hydroxyl groups excluding tert-OH is 2. The molecule has 4 atom stereocenters. The first-order valence-electron chi connectivity index (χ1n) is 9.69. The average Bonchev–Trinajstić information content (AvgIpc) is 2.89. The third-order valence-corrected chi connectivity index (χ3v) is 4.62. The summed E-state index contributed by atoms with van der Waals surface area (Å²) in [5, 5.41) is 28.9. The molecule has 0 saturated heterocycles. The van der Waals surface area contributed by atoms with Crippen LogP contribution in [0.1, 0.15) is 51.9 Å². The number of ketones is 1. The Balaban J connectivity index is 2.40. The first-order chi connectivity index (χ1) is 13.0. The van der Waals surface area contributed by atoms with Crippen LogP contribution in [0.25, 0.3) is 0 Å². The van der Waals surface area contributed by atoms with E-state index >= 15 is 0 Å². The topological polar surface area (TPSA) is 94.8 Å². The first kappa shape index (κ1) is 23.1. The van der Waals surface area contributed by atoms with Crippen LogP contribution in [0.15, 0.2) is 48.6 Å². The monoisotopic (exact) mass is 376 g/mol. The second kappa shape index (κ2) is 13.2. The van der Waals surface area contributed by atoms with Crippen LogP contribution >= 0.6 is 0 Å².